The van der Waals surface area contributed by atoms with Crippen molar-refractivity contribution >= 4 is 23.5 Å². The van der Waals surface area contributed by atoms with E-state index >= 15 is 0 Å². The average molecular weight is 466 g/mol. The minimum absolute atomic E-state index is 0.00167. The van der Waals surface area contributed by atoms with Gasteiger partial charge in [-0.2, -0.15) is 0 Å². The Hall–Kier alpha value is -2.72. The lowest BCUT2D eigenvalue weighted by Gasteiger charge is -2.43. The van der Waals surface area contributed by atoms with Crippen LogP contribution < -0.4 is 10.6 Å². The molecule has 0 saturated carbocycles. The van der Waals surface area contributed by atoms with Crippen LogP contribution in [0.1, 0.15) is 49.5 Å². The molecule has 2 amide bonds. The van der Waals surface area contributed by atoms with Crippen molar-refractivity contribution in [3.05, 3.63) is 29.1 Å². The van der Waals surface area contributed by atoms with Gasteiger partial charge in [-0.05, 0) is 44.9 Å². The second-order valence-corrected chi connectivity index (χ2v) is 9.44. The molecular formula is C23H32FN3O6. The first kappa shape index (κ1) is 24.9. The lowest BCUT2D eigenvalue weighted by atomic mass is 9.97. The second-order valence-electron chi connectivity index (χ2n) is 9.44. The van der Waals surface area contributed by atoms with Crippen molar-refractivity contribution in [3.63, 3.8) is 0 Å². The third kappa shape index (κ3) is 5.44. The van der Waals surface area contributed by atoms with E-state index < -0.39 is 35.2 Å². The van der Waals surface area contributed by atoms with E-state index in [0.717, 1.165) is 0 Å². The predicted molar refractivity (Wildman–Crippen MR) is 118 cm³/mol. The van der Waals surface area contributed by atoms with Gasteiger partial charge in [0.05, 0.1) is 5.56 Å². The number of rotatable bonds is 9. The summed E-state index contributed by atoms with van der Waals surface area (Å²) < 4.78 is 30.8. The van der Waals surface area contributed by atoms with Gasteiger partial charge in [0.15, 0.2) is 6.29 Å². The molecule has 0 unspecified atom stereocenters. The van der Waals surface area contributed by atoms with E-state index in [1.807, 2.05) is 4.90 Å². The van der Waals surface area contributed by atoms with Crippen LogP contribution in [0.25, 0.3) is 0 Å². The number of halogens is 1. The quantitative estimate of drug-likeness (QED) is 0.437. The fourth-order valence-corrected chi connectivity index (χ4v) is 4.32. The molecule has 0 spiro atoms. The Morgan fingerprint density at radius 3 is 2.39 bits per heavy atom. The third-order valence-electron chi connectivity index (χ3n) is 5.84. The van der Waals surface area contributed by atoms with E-state index in [4.69, 9.17) is 19.9 Å². The first-order valence-corrected chi connectivity index (χ1v) is 10.9. The highest BCUT2D eigenvalue weighted by Gasteiger charge is 2.40. The maximum absolute atomic E-state index is 14.9. The molecule has 0 aliphatic carbocycles. The molecule has 0 bridgehead atoms. The molecule has 2 heterocycles. The summed E-state index contributed by atoms with van der Waals surface area (Å²) in [6.07, 6.45) is -0.422. The standard InChI is InChI=1S/C23H32FN3O6/c1-23(2,3)33-18(28)7-6-17(20(25)29)27-12-13-8-15(9-16(24)19(13)21(27)30)26-10-14(11-26)22(31-4)32-5/h8-9,14,17,22H,6-7,10-12H2,1-5H3,(H2,25,29)/t17-/m0/s1. The second kappa shape index (κ2) is 9.64. The highest BCUT2D eigenvalue weighted by molar-refractivity contribution is 6.01. The highest BCUT2D eigenvalue weighted by Crippen LogP contribution is 2.35. The summed E-state index contributed by atoms with van der Waals surface area (Å²) >= 11 is 0. The summed E-state index contributed by atoms with van der Waals surface area (Å²) in [5.41, 5.74) is 5.93. The van der Waals surface area contributed by atoms with Crippen LogP contribution in [0.4, 0.5) is 10.1 Å². The normalized spacial score (nSPS) is 17.2. The van der Waals surface area contributed by atoms with Gasteiger partial charge < -0.3 is 29.7 Å². The number of carbonyl (C=O) groups excluding carboxylic acids is 3. The van der Waals surface area contributed by atoms with E-state index in [1.165, 1.54) is 11.0 Å². The Labute approximate surface area is 192 Å². The van der Waals surface area contributed by atoms with Crippen LogP contribution >= 0.6 is 0 Å². The summed E-state index contributed by atoms with van der Waals surface area (Å²) in [4.78, 5) is 40.3. The Kier molecular flexibility index (Phi) is 7.28. The van der Waals surface area contributed by atoms with E-state index in [2.05, 4.69) is 0 Å². The van der Waals surface area contributed by atoms with Crippen LogP contribution in [-0.2, 0) is 30.3 Å². The van der Waals surface area contributed by atoms with Crippen molar-refractivity contribution in [3.8, 4) is 0 Å². The number of ether oxygens (including phenoxy) is 3. The number of carbonyl (C=O) groups is 3. The molecule has 0 radical (unpaired) electrons. The number of amides is 2. The van der Waals surface area contributed by atoms with Crippen LogP contribution in [0.5, 0.6) is 0 Å². The lowest BCUT2D eigenvalue weighted by molar-refractivity contribution is -0.155. The van der Waals surface area contributed by atoms with Crippen LogP contribution in [0.15, 0.2) is 12.1 Å². The predicted octanol–water partition coefficient (Wildman–Crippen LogP) is 1.81. The first-order valence-electron chi connectivity index (χ1n) is 10.9. The number of methoxy groups -OCH3 is 2. The average Bonchev–Trinajstić information content (AvgIpc) is 2.99. The molecule has 2 aliphatic heterocycles. The van der Waals surface area contributed by atoms with Gasteiger partial charge in [0.2, 0.25) is 5.91 Å². The number of benzene rings is 1. The van der Waals surface area contributed by atoms with Gasteiger partial charge in [0.1, 0.15) is 17.5 Å². The number of nitrogens with zero attached hydrogens (tertiary/aromatic N) is 2. The molecule has 1 aromatic rings. The molecule has 1 fully saturated rings. The monoisotopic (exact) mass is 465 g/mol. The minimum Gasteiger partial charge on any atom is -0.460 e. The molecule has 1 atom stereocenters. The van der Waals surface area contributed by atoms with Crippen molar-refractivity contribution < 1.29 is 33.0 Å². The smallest absolute Gasteiger partial charge is 0.306 e. The molecule has 182 valence electrons. The van der Waals surface area contributed by atoms with E-state index in [-0.39, 0.29) is 37.2 Å². The number of nitrogens with two attached hydrogens (primary N) is 1. The highest BCUT2D eigenvalue weighted by atomic mass is 19.1. The minimum atomic E-state index is -1.04. The third-order valence-corrected chi connectivity index (χ3v) is 5.84. The van der Waals surface area contributed by atoms with Crippen molar-refractivity contribution in [2.24, 2.45) is 11.7 Å². The number of primary amides is 1. The molecule has 1 saturated heterocycles. The lowest BCUT2D eigenvalue weighted by Crippen LogP contribution is -2.53. The summed E-state index contributed by atoms with van der Waals surface area (Å²) in [5.74, 6) is -2.35. The van der Waals surface area contributed by atoms with Crippen molar-refractivity contribution in [2.75, 3.05) is 32.2 Å². The summed E-state index contributed by atoms with van der Waals surface area (Å²) in [6.45, 7) is 6.51. The maximum atomic E-state index is 14.9. The van der Waals surface area contributed by atoms with Gasteiger partial charge >= 0.3 is 5.97 Å². The molecule has 10 heteroatoms. The Morgan fingerprint density at radius 1 is 1.21 bits per heavy atom. The van der Waals surface area contributed by atoms with Crippen LogP contribution in [-0.4, -0.2) is 67.9 Å². The fourth-order valence-electron chi connectivity index (χ4n) is 4.32. The number of fused-ring (bicyclic) bond motifs is 1. The number of esters is 1. The van der Waals surface area contributed by atoms with Gasteiger partial charge in [-0.25, -0.2) is 4.39 Å². The van der Waals surface area contributed by atoms with Gasteiger partial charge in [-0.1, -0.05) is 0 Å². The van der Waals surface area contributed by atoms with Crippen LogP contribution in [0.2, 0.25) is 0 Å². The molecule has 9 nitrogen and oxygen atoms in total. The number of hydrogen-bond donors (Lipinski definition) is 1. The molecule has 33 heavy (non-hydrogen) atoms. The molecule has 2 aliphatic rings. The van der Waals surface area contributed by atoms with Gasteiger partial charge in [-0.3, -0.25) is 14.4 Å². The van der Waals surface area contributed by atoms with Crippen molar-refractivity contribution in [1.82, 2.24) is 4.90 Å². The van der Waals surface area contributed by atoms with E-state index in [9.17, 15) is 18.8 Å². The number of anilines is 1. The molecule has 2 N–H and O–H groups in total. The van der Waals surface area contributed by atoms with E-state index in [1.54, 1.807) is 41.1 Å². The Morgan fingerprint density at radius 2 is 1.85 bits per heavy atom. The summed E-state index contributed by atoms with van der Waals surface area (Å²) in [5, 5.41) is 0. The molecular weight excluding hydrogens is 433 g/mol. The number of hydrogen-bond acceptors (Lipinski definition) is 7. The van der Waals surface area contributed by atoms with Crippen LogP contribution in [0, 0.1) is 11.7 Å². The zero-order chi connectivity index (χ0) is 24.5. The van der Waals surface area contributed by atoms with Gasteiger partial charge in [-0.15, -0.1) is 0 Å². The molecule has 1 aromatic carbocycles. The van der Waals surface area contributed by atoms with Crippen molar-refractivity contribution in [1.29, 1.82) is 0 Å². The SMILES string of the molecule is COC(OC)C1CN(c2cc(F)c3c(c2)CN([C@@H](CCC(=O)OC(C)(C)C)C(N)=O)C3=O)C1. The zero-order valence-electron chi connectivity index (χ0n) is 19.7. The summed E-state index contributed by atoms with van der Waals surface area (Å²) in [6, 6.07) is 2.04. The molecule has 3 rings (SSSR count). The zero-order valence-corrected chi connectivity index (χ0v) is 19.7. The largest absolute Gasteiger partial charge is 0.460 e. The van der Waals surface area contributed by atoms with Gasteiger partial charge in [0, 0.05) is 51.9 Å². The summed E-state index contributed by atoms with van der Waals surface area (Å²) in [7, 11) is 3.15. The fraction of sp³-hybridized carbons (Fsp3) is 0.609. The first-order chi connectivity index (χ1) is 15.4. The molecule has 0 aromatic heterocycles. The Balaban J connectivity index is 1.71. The Bertz CT molecular complexity index is 922. The van der Waals surface area contributed by atoms with Crippen molar-refractivity contribution in [2.45, 2.75) is 58.1 Å². The van der Waals surface area contributed by atoms with E-state index in [0.29, 0.717) is 24.3 Å². The topological polar surface area (TPSA) is 111 Å². The van der Waals surface area contributed by atoms with Crippen LogP contribution in [0.3, 0.4) is 0 Å². The van der Waals surface area contributed by atoms with Gasteiger partial charge in [0.25, 0.3) is 5.91 Å². The maximum Gasteiger partial charge on any atom is 0.306 e.